The molecule has 0 amide bonds. The van der Waals surface area contributed by atoms with Crippen LogP contribution in [0.2, 0.25) is 0 Å². The van der Waals surface area contributed by atoms with Gasteiger partial charge in [-0.15, -0.1) is 11.8 Å². The Morgan fingerprint density at radius 1 is 1.16 bits per heavy atom. The van der Waals surface area contributed by atoms with Gasteiger partial charge in [-0.25, -0.2) is 0 Å². The number of hydrogen-bond donors (Lipinski definition) is 1. The minimum Gasteiger partial charge on any atom is -0.369 e. The van der Waals surface area contributed by atoms with Gasteiger partial charge in [-0.3, -0.25) is 0 Å². The first-order valence-electron chi connectivity index (χ1n) is 7.22. The molecule has 0 radical (unpaired) electrons. The highest BCUT2D eigenvalue weighted by Gasteiger charge is 2.19. The lowest BCUT2D eigenvalue weighted by Gasteiger charge is -2.36. The normalized spacial score (nSPS) is 16.9. The van der Waals surface area contributed by atoms with Crippen LogP contribution in [-0.4, -0.2) is 43.4 Å². The van der Waals surface area contributed by atoms with Gasteiger partial charge in [0, 0.05) is 48.9 Å². The fourth-order valence-electron chi connectivity index (χ4n) is 2.65. The molecule has 1 saturated heterocycles. The molecule has 0 bridgehead atoms. The Morgan fingerprint density at radius 2 is 1.89 bits per heavy atom. The predicted octanol–water partition coefficient (Wildman–Crippen LogP) is 2.40. The van der Waals surface area contributed by atoms with E-state index >= 15 is 0 Å². The fourth-order valence-corrected chi connectivity index (χ4v) is 3.50. The summed E-state index contributed by atoms with van der Waals surface area (Å²) in [5.41, 5.74) is 8.65. The number of hydrogen-bond acceptors (Lipinski definition) is 4. The zero-order chi connectivity index (χ0) is 13.7. The third-order valence-corrected chi connectivity index (χ3v) is 4.75. The molecule has 0 saturated carbocycles. The van der Waals surface area contributed by atoms with E-state index in [1.165, 1.54) is 16.1 Å². The molecule has 0 atom stereocenters. The highest BCUT2D eigenvalue weighted by atomic mass is 32.2. The van der Waals surface area contributed by atoms with Gasteiger partial charge in [0.15, 0.2) is 0 Å². The van der Waals surface area contributed by atoms with Crippen molar-refractivity contribution >= 4 is 17.4 Å². The van der Waals surface area contributed by atoms with Gasteiger partial charge >= 0.3 is 0 Å². The van der Waals surface area contributed by atoms with Crippen LogP contribution in [0.3, 0.4) is 0 Å². The third-order valence-electron chi connectivity index (χ3n) is 3.77. The summed E-state index contributed by atoms with van der Waals surface area (Å²) in [5, 5.41) is 0. The number of piperazine rings is 1. The zero-order valence-electron chi connectivity index (χ0n) is 12.1. The summed E-state index contributed by atoms with van der Waals surface area (Å²) in [6.07, 6.45) is 0. The van der Waals surface area contributed by atoms with E-state index < -0.39 is 0 Å². The summed E-state index contributed by atoms with van der Waals surface area (Å²) in [7, 11) is 0. The molecule has 0 aliphatic carbocycles. The van der Waals surface area contributed by atoms with Crippen molar-refractivity contribution in [2.45, 2.75) is 25.3 Å². The summed E-state index contributed by atoms with van der Waals surface area (Å²) in [4.78, 5) is 6.34. The topological polar surface area (TPSA) is 32.5 Å². The van der Waals surface area contributed by atoms with Crippen molar-refractivity contribution in [3.8, 4) is 0 Å². The Kier molecular flexibility index (Phi) is 5.55. The third kappa shape index (κ3) is 3.44. The molecule has 3 nitrogen and oxygen atoms in total. The summed E-state index contributed by atoms with van der Waals surface area (Å²) in [6.45, 7) is 10.8. The van der Waals surface area contributed by atoms with E-state index in [2.05, 4.69) is 41.8 Å². The van der Waals surface area contributed by atoms with E-state index in [0.29, 0.717) is 6.54 Å². The minimum atomic E-state index is 0.631. The molecule has 0 aromatic heterocycles. The molecule has 1 fully saturated rings. The number of likely N-dealkylation sites (N-methyl/N-ethyl adjacent to an activating group) is 1. The first-order valence-corrected chi connectivity index (χ1v) is 8.20. The monoisotopic (exact) mass is 279 g/mol. The predicted molar refractivity (Wildman–Crippen MR) is 85.1 cm³/mol. The number of nitrogens with zero attached hydrogens (tertiary/aromatic N) is 2. The zero-order valence-corrected chi connectivity index (χ0v) is 12.9. The lowest BCUT2D eigenvalue weighted by atomic mass is 10.1. The molecule has 0 spiro atoms. The molecule has 0 unspecified atom stereocenters. The van der Waals surface area contributed by atoms with Gasteiger partial charge in [-0.2, -0.15) is 0 Å². The maximum absolute atomic E-state index is 5.99. The number of nitrogens with two attached hydrogens (primary N) is 1. The molecule has 1 heterocycles. The van der Waals surface area contributed by atoms with Gasteiger partial charge in [0.05, 0.1) is 0 Å². The van der Waals surface area contributed by atoms with E-state index in [0.717, 1.165) is 38.5 Å². The first kappa shape index (κ1) is 14.7. The van der Waals surface area contributed by atoms with E-state index in [-0.39, 0.29) is 0 Å². The number of benzene rings is 1. The highest BCUT2D eigenvalue weighted by molar-refractivity contribution is 7.99. The summed E-state index contributed by atoms with van der Waals surface area (Å²) in [5.74, 6) is 1.10. The van der Waals surface area contributed by atoms with Gasteiger partial charge in [0.2, 0.25) is 0 Å². The summed E-state index contributed by atoms with van der Waals surface area (Å²) in [6, 6.07) is 6.59. The Balaban J connectivity index is 2.17. The van der Waals surface area contributed by atoms with Gasteiger partial charge in [0.1, 0.15) is 0 Å². The van der Waals surface area contributed by atoms with Gasteiger partial charge in [0.25, 0.3) is 0 Å². The summed E-state index contributed by atoms with van der Waals surface area (Å²) < 4.78 is 0. The molecule has 106 valence electrons. The lowest BCUT2D eigenvalue weighted by Crippen LogP contribution is -2.46. The van der Waals surface area contributed by atoms with Crippen molar-refractivity contribution in [3.05, 3.63) is 23.8 Å². The molecule has 4 heteroatoms. The smallest absolute Gasteiger partial charge is 0.0423 e. The molecular weight excluding hydrogens is 254 g/mol. The molecule has 1 aromatic rings. The quantitative estimate of drug-likeness (QED) is 0.839. The Labute approximate surface area is 121 Å². The minimum absolute atomic E-state index is 0.631. The van der Waals surface area contributed by atoms with Crippen molar-refractivity contribution in [1.82, 2.24) is 4.90 Å². The highest BCUT2D eigenvalue weighted by Crippen LogP contribution is 2.31. The van der Waals surface area contributed by atoms with E-state index in [1.54, 1.807) is 0 Å². The standard InChI is InChI=1S/C15H25N3S/c1-3-17-8-10-18(11-9-17)14-6-5-7-15(19-4-2)13(14)12-16/h5-7H,3-4,8-12,16H2,1-2H3. The van der Waals surface area contributed by atoms with Crippen LogP contribution in [0.15, 0.2) is 23.1 Å². The second-order valence-electron chi connectivity index (χ2n) is 4.81. The van der Waals surface area contributed by atoms with Gasteiger partial charge in [-0.05, 0) is 24.4 Å². The second-order valence-corrected chi connectivity index (χ2v) is 6.12. The van der Waals surface area contributed by atoms with Crippen LogP contribution in [0.5, 0.6) is 0 Å². The Bertz CT molecular complexity index is 400. The molecule has 2 rings (SSSR count). The van der Waals surface area contributed by atoms with Crippen molar-refractivity contribution in [2.75, 3.05) is 43.4 Å². The van der Waals surface area contributed by atoms with Crippen LogP contribution in [-0.2, 0) is 6.54 Å². The van der Waals surface area contributed by atoms with Crippen LogP contribution in [0.1, 0.15) is 19.4 Å². The van der Waals surface area contributed by atoms with E-state index in [1.807, 2.05) is 11.8 Å². The van der Waals surface area contributed by atoms with Gasteiger partial charge in [-0.1, -0.05) is 19.9 Å². The van der Waals surface area contributed by atoms with Crippen LogP contribution in [0, 0.1) is 0 Å². The maximum atomic E-state index is 5.99. The van der Waals surface area contributed by atoms with E-state index in [4.69, 9.17) is 5.73 Å². The lowest BCUT2D eigenvalue weighted by molar-refractivity contribution is 0.271. The molecule has 1 aliphatic rings. The van der Waals surface area contributed by atoms with Crippen molar-refractivity contribution in [2.24, 2.45) is 5.73 Å². The van der Waals surface area contributed by atoms with Crippen molar-refractivity contribution in [3.63, 3.8) is 0 Å². The fraction of sp³-hybridized carbons (Fsp3) is 0.600. The number of rotatable bonds is 5. The maximum Gasteiger partial charge on any atom is 0.0423 e. The number of thioether (sulfide) groups is 1. The average molecular weight is 279 g/mol. The van der Waals surface area contributed by atoms with Crippen LogP contribution in [0.4, 0.5) is 5.69 Å². The molecular formula is C15H25N3S. The summed E-state index contributed by atoms with van der Waals surface area (Å²) >= 11 is 1.89. The van der Waals surface area contributed by atoms with Crippen molar-refractivity contribution < 1.29 is 0 Å². The molecule has 2 N–H and O–H groups in total. The molecule has 1 aromatic carbocycles. The SMILES string of the molecule is CCSc1cccc(N2CCN(CC)CC2)c1CN. The number of anilines is 1. The largest absolute Gasteiger partial charge is 0.369 e. The Hall–Kier alpha value is -0.710. The second kappa shape index (κ2) is 7.17. The molecule has 19 heavy (non-hydrogen) atoms. The van der Waals surface area contributed by atoms with E-state index in [9.17, 15) is 0 Å². The van der Waals surface area contributed by atoms with Crippen LogP contribution < -0.4 is 10.6 Å². The average Bonchev–Trinajstić information content (AvgIpc) is 2.47. The van der Waals surface area contributed by atoms with Crippen LogP contribution in [0.25, 0.3) is 0 Å². The Morgan fingerprint density at radius 3 is 2.47 bits per heavy atom. The van der Waals surface area contributed by atoms with Crippen LogP contribution >= 0.6 is 11.8 Å². The van der Waals surface area contributed by atoms with Gasteiger partial charge < -0.3 is 15.5 Å². The van der Waals surface area contributed by atoms with Crippen molar-refractivity contribution in [1.29, 1.82) is 0 Å². The first-order chi connectivity index (χ1) is 9.30. The molecule has 1 aliphatic heterocycles.